The fraction of sp³-hybridized carbons (Fsp3) is 0.733. The van der Waals surface area contributed by atoms with Crippen molar-refractivity contribution in [3.63, 3.8) is 0 Å². The van der Waals surface area contributed by atoms with E-state index in [1.165, 1.54) is 32.1 Å². The molecule has 0 bridgehead atoms. The molecule has 0 rings (SSSR count). The van der Waals surface area contributed by atoms with Crippen molar-refractivity contribution in [1.82, 2.24) is 0 Å². The molecule has 15 heavy (non-hydrogen) atoms. The van der Waals surface area contributed by atoms with Gasteiger partial charge in [-0.15, -0.1) is 12.3 Å². The van der Waals surface area contributed by atoms with Crippen LogP contribution in [0, 0.1) is 30.6 Å². The predicted octanol–water partition coefficient (Wildman–Crippen LogP) is 4.36. The Hall–Kier alpha value is -0.880. The van der Waals surface area contributed by atoms with Crippen LogP contribution < -0.4 is 0 Å². The standard InChI is InChI=1S/C15H23/c1-4-7-9-10-12-14-15(6-3)13-11-8-5-2/h1,15H,5,7-14H2,2H3. The first-order valence-electron chi connectivity index (χ1n) is 6.20. The minimum absolute atomic E-state index is 0.391. The molecule has 0 aromatic rings. The van der Waals surface area contributed by atoms with Crippen LogP contribution in [0.5, 0.6) is 0 Å². The average Bonchev–Trinajstić information content (AvgIpc) is 2.26. The Morgan fingerprint density at radius 2 is 1.73 bits per heavy atom. The van der Waals surface area contributed by atoms with Gasteiger partial charge in [0.25, 0.3) is 0 Å². The van der Waals surface area contributed by atoms with E-state index in [0.717, 1.165) is 25.7 Å². The zero-order chi connectivity index (χ0) is 11.4. The largest absolute Gasteiger partial charge is 0.120 e. The highest BCUT2D eigenvalue weighted by atomic mass is 14.1. The molecule has 0 heteroatoms. The molecule has 0 aromatic carbocycles. The fourth-order valence-corrected chi connectivity index (χ4v) is 1.72. The van der Waals surface area contributed by atoms with E-state index in [1.807, 2.05) is 0 Å². The highest BCUT2D eigenvalue weighted by Gasteiger charge is 2.04. The van der Waals surface area contributed by atoms with Crippen LogP contribution in [0.1, 0.15) is 64.7 Å². The van der Waals surface area contributed by atoms with Gasteiger partial charge in [-0.05, 0) is 25.7 Å². The zero-order valence-electron chi connectivity index (χ0n) is 10.0. The van der Waals surface area contributed by atoms with Gasteiger partial charge in [-0.3, -0.25) is 0 Å². The van der Waals surface area contributed by atoms with E-state index in [0.29, 0.717) is 5.92 Å². The molecule has 0 spiro atoms. The summed E-state index contributed by atoms with van der Waals surface area (Å²) in [6.07, 6.45) is 22.9. The highest BCUT2D eigenvalue weighted by Crippen LogP contribution is 2.16. The molecule has 0 nitrogen and oxygen atoms in total. The van der Waals surface area contributed by atoms with Crippen molar-refractivity contribution >= 4 is 0 Å². The Morgan fingerprint density at radius 3 is 2.27 bits per heavy atom. The monoisotopic (exact) mass is 203 g/mol. The van der Waals surface area contributed by atoms with Gasteiger partial charge in [0.05, 0.1) is 0 Å². The van der Waals surface area contributed by atoms with Crippen LogP contribution in [0.4, 0.5) is 0 Å². The van der Waals surface area contributed by atoms with Gasteiger partial charge in [0.2, 0.25) is 0 Å². The molecule has 0 heterocycles. The lowest BCUT2D eigenvalue weighted by atomic mass is 9.95. The van der Waals surface area contributed by atoms with Crippen LogP contribution in [0.2, 0.25) is 0 Å². The van der Waals surface area contributed by atoms with Crippen LogP contribution in [-0.2, 0) is 0 Å². The third-order valence-electron chi connectivity index (χ3n) is 2.73. The third-order valence-corrected chi connectivity index (χ3v) is 2.73. The van der Waals surface area contributed by atoms with Crippen LogP contribution >= 0.6 is 0 Å². The Morgan fingerprint density at radius 1 is 1.07 bits per heavy atom. The number of rotatable bonds is 9. The minimum Gasteiger partial charge on any atom is -0.120 e. The Balaban J connectivity index is 3.38. The smallest absolute Gasteiger partial charge is 0.0213 e. The molecule has 0 amide bonds. The maximum Gasteiger partial charge on any atom is 0.0213 e. The third kappa shape index (κ3) is 9.42. The summed E-state index contributed by atoms with van der Waals surface area (Å²) in [6.45, 7) is 2.21. The van der Waals surface area contributed by atoms with E-state index in [9.17, 15) is 0 Å². The summed E-state index contributed by atoms with van der Waals surface area (Å²) >= 11 is 0. The molecule has 0 aliphatic carbocycles. The number of terminal acetylenes is 1. The van der Waals surface area contributed by atoms with Gasteiger partial charge in [-0.2, -0.15) is 0 Å². The van der Waals surface area contributed by atoms with Crippen LogP contribution in [0.15, 0.2) is 0 Å². The molecule has 1 atom stereocenters. The summed E-state index contributed by atoms with van der Waals surface area (Å²) in [7, 11) is 0. The van der Waals surface area contributed by atoms with Crippen molar-refractivity contribution in [2.24, 2.45) is 5.92 Å². The van der Waals surface area contributed by atoms with E-state index in [2.05, 4.69) is 18.8 Å². The summed E-state index contributed by atoms with van der Waals surface area (Å²) in [4.78, 5) is 0. The SMILES string of the molecule is [C]#CC(CCCCC)CCCCCC#C. The van der Waals surface area contributed by atoms with Crippen molar-refractivity contribution in [3.05, 3.63) is 6.42 Å². The second-order valence-electron chi connectivity index (χ2n) is 4.14. The zero-order valence-corrected chi connectivity index (χ0v) is 10.0. The summed E-state index contributed by atoms with van der Waals surface area (Å²) in [5.41, 5.74) is 0. The molecule has 0 fully saturated rings. The Bertz CT molecular complexity index is 201. The quantitative estimate of drug-likeness (QED) is 0.386. The minimum atomic E-state index is 0.391. The molecule has 0 aliphatic rings. The molecule has 1 unspecified atom stereocenters. The molecule has 0 N–H and O–H groups in total. The van der Waals surface area contributed by atoms with E-state index in [4.69, 9.17) is 12.8 Å². The normalized spacial score (nSPS) is 11.7. The van der Waals surface area contributed by atoms with Gasteiger partial charge < -0.3 is 0 Å². The van der Waals surface area contributed by atoms with E-state index in [-0.39, 0.29) is 0 Å². The summed E-state index contributed by atoms with van der Waals surface area (Å²) < 4.78 is 0. The molecular weight excluding hydrogens is 180 g/mol. The van der Waals surface area contributed by atoms with Gasteiger partial charge in [-0.1, -0.05) is 44.9 Å². The fourth-order valence-electron chi connectivity index (χ4n) is 1.72. The number of hydrogen-bond acceptors (Lipinski definition) is 0. The van der Waals surface area contributed by atoms with Crippen LogP contribution in [0.25, 0.3) is 0 Å². The molecule has 1 radical (unpaired) electrons. The second-order valence-corrected chi connectivity index (χ2v) is 4.14. The first-order chi connectivity index (χ1) is 7.35. The van der Waals surface area contributed by atoms with Crippen molar-refractivity contribution in [1.29, 1.82) is 0 Å². The maximum absolute atomic E-state index is 7.23. The maximum atomic E-state index is 7.23. The lowest BCUT2D eigenvalue weighted by Gasteiger charge is -2.09. The van der Waals surface area contributed by atoms with Gasteiger partial charge in [-0.25, -0.2) is 0 Å². The molecule has 0 aromatic heterocycles. The predicted molar refractivity (Wildman–Crippen MR) is 66.7 cm³/mol. The topological polar surface area (TPSA) is 0 Å². The van der Waals surface area contributed by atoms with Crippen LogP contribution in [-0.4, -0.2) is 0 Å². The lowest BCUT2D eigenvalue weighted by Crippen LogP contribution is -1.97. The second kappa shape index (κ2) is 11.2. The van der Waals surface area contributed by atoms with E-state index < -0.39 is 0 Å². The first-order valence-corrected chi connectivity index (χ1v) is 6.20. The molecule has 0 saturated heterocycles. The van der Waals surface area contributed by atoms with Gasteiger partial charge in [0.15, 0.2) is 0 Å². The summed E-state index contributed by atoms with van der Waals surface area (Å²) in [5.74, 6) is 5.71. The Kier molecular flexibility index (Phi) is 10.5. The summed E-state index contributed by atoms with van der Waals surface area (Å²) in [6, 6.07) is 0. The molecular formula is C15H23. The number of unbranched alkanes of at least 4 members (excludes halogenated alkanes) is 5. The van der Waals surface area contributed by atoms with Crippen molar-refractivity contribution < 1.29 is 0 Å². The highest BCUT2D eigenvalue weighted by molar-refractivity contribution is 4.87. The van der Waals surface area contributed by atoms with Crippen molar-refractivity contribution in [3.8, 4) is 18.3 Å². The molecule has 83 valence electrons. The molecule has 0 saturated carbocycles. The number of hydrogen-bond donors (Lipinski definition) is 0. The van der Waals surface area contributed by atoms with E-state index >= 15 is 0 Å². The van der Waals surface area contributed by atoms with E-state index in [1.54, 1.807) is 0 Å². The van der Waals surface area contributed by atoms with Crippen LogP contribution in [0.3, 0.4) is 0 Å². The van der Waals surface area contributed by atoms with Gasteiger partial charge in [0.1, 0.15) is 0 Å². The van der Waals surface area contributed by atoms with Gasteiger partial charge >= 0.3 is 0 Å². The Labute approximate surface area is 95.8 Å². The summed E-state index contributed by atoms with van der Waals surface area (Å²) in [5, 5.41) is 0. The van der Waals surface area contributed by atoms with Gasteiger partial charge in [0, 0.05) is 12.3 Å². The average molecular weight is 203 g/mol. The first kappa shape index (κ1) is 14.1. The van der Waals surface area contributed by atoms with Crippen molar-refractivity contribution in [2.45, 2.75) is 64.7 Å². The lowest BCUT2D eigenvalue weighted by molar-refractivity contribution is 0.491. The molecule has 0 aliphatic heterocycles. The van der Waals surface area contributed by atoms with Crippen molar-refractivity contribution in [2.75, 3.05) is 0 Å².